The summed E-state index contributed by atoms with van der Waals surface area (Å²) in [4.78, 5) is 0. The van der Waals surface area contributed by atoms with Crippen molar-refractivity contribution >= 4 is 10.0 Å². The molecule has 0 radical (unpaired) electrons. The first-order chi connectivity index (χ1) is 8.12. The molecular weight excluding hydrogens is 269 g/mol. The third-order valence-electron chi connectivity index (χ3n) is 2.13. The van der Waals surface area contributed by atoms with Gasteiger partial charge in [-0.25, -0.2) is 13.1 Å². The van der Waals surface area contributed by atoms with E-state index < -0.39 is 22.6 Å². The summed E-state index contributed by atoms with van der Waals surface area (Å²) in [5.74, 6) is -0.0650. The number of unbranched alkanes of at least 4 members (excludes halogenated alkanes) is 1. The predicted molar refractivity (Wildman–Crippen MR) is 64.8 cm³/mol. The largest absolute Gasteiger partial charge is 0.389 e. The van der Waals surface area contributed by atoms with Crippen molar-refractivity contribution in [1.82, 2.24) is 10.0 Å². The number of hydrogen-bond donors (Lipinski definition) is 2. The van der Waals surface area contributed by atoms with Crippen LogP contribution in [-0.4, -0.2) is 39.5 Å². The van der Waals surface area contributed by atoms with Gasteiger partial charge in [0.15, 0.2) is 0 Å². The molecule has 0 aromatic carbocycles. The fraction of sp³-hybridized carbons (Fsp3) is 1.00. The second kappa shape index (κ2) is 7.96. The Bertz CT molecular complexity index is 316. The molecule has 0 unspecified atom stereocenters. The molecule has 0 amide bonds. The lowest BCUT2D eigenvalue weighted by atomic mass is 10.2. The Morgan fingerprint density at radius 1 is 1.11 bits per heavy atom. The predicted octanol–water partition coefficient (Wildman–Crippen LogP) is 1.64. The van der Waals surface area contributed by atoms with Crippen LogP contribution in [0.1, 0.15) is 33.1 Å². The molecule has 0 heterocycles. The number of halogens is 3. The molecule has 0 spiro atoms. The normalized spacial score (nSPS) is 13.2. The molecule has 0 aliphatic heterocycles. The van der Waals surface area contributed by atoms with Crippen LogP contribution in [-0.2, 0) is 10.0 Å². The second-order valence-electron chi connectivity index (χ2n) is 4.39. The Labute approximate surface area is 106 Å². The minimum absolute atomic E-state index is 0.0556. The highest BCUT2D eigenvalue weighted by Gasteiger charge is 2.25. The van der Waals surface area contributed by atoms with E-state index in [2.05, 4.69) is 10.0 Å². The zero-order valence-electron chi connectivity index (χ0n) is 10.7. The van der Waals surface area contributed by atoms with Crippen LogP contribution in [0.15, 0.2) is 0 Å². The minimum Gasteiger partial charge on any atom is -0.313 e. The van der Waals surface area contributed by atoms with Crippen molar-refractivity contribution in [1.29, 1.82) is 0 Å². The molecule has 0 bridgehead atoms. The van der Waals surface area contributed by atoms with Crippen molar-refractivity contribution in [3.8, 4) is 0 Å². The van der Waals surface area contributed by atoms with E-state index in [1.807, 2.05) is 13.8 Å². The third kappa shape index (κ3) is 12.1. The van der Waals surface area contributed by atoms with Gasteiger partial charge in [-0.15, -0.1) is 0 Å². The highest BCUT2D eigenvalue weighted by atomic mass is 32.2. The van der Waals surface area contributed by atoms with Crippen LogP contribution in [0.3, 0.4) is 0 Å². The summed E-state index contributed by atoms with van der Waals surface area (Å²) in [6.07, 6.45) is -4.91. The van der Waals surface area contributed by atoms with E-state index in [4.69, 9.17) is 0 Å². The zero-order chi connectivity index (χ0) is 14.2. The van der Waals surface area contributed by atoms with Crippen LogP contribution in [0.4, 0.5) is 13.2 Å². The number of hydrogen-bond acceptors (Lipinski definition) is 3. The van der Waals surface area contributed by atoms with Crippen LogP contribution >= 0.6 is 0 Å². The Kier molecular flexibility index (Phi) is 7.81. The number of sulfonamides is 1. The molecule has 2 N–H and O–H groups in total. The Morgan fingerprint density at radius 2 is 1.72 bits per heavy atom. The lowest BCUT2D eigenvalue weighted by molar-refractivity contribution is -0.135. The summed E-state index contributed by atoms with van der Waals surface area (Å²) in [5, 5.41) is 2.96. The van der Waals surface area contributed by atoms with E-state index in [0.717, 1.165) is 0 Å². The van der Waals surface area contributed by atoms with E-state index in [0.29, 0.717) is 6.54 Å². The molecule has 0 aromatic heterocycles. The summed E-state index contributed by atoms with van der Waals surface area (Å²) >= 11 is 0. The maximum Gasteiger partial charge on any atom is 0.389 e. The molecule has 0 fully saturated rings. The Hall–Kier alpha value is -0.340. The summed E-state index contributed by atoms with van der Waals surface area (Å²) in [6.45, 7) is 4.18. The SMILES string of the molecule is CC(C)NCCS(=O)(=O)NCCCCC(F)(F)F. The molecule has 0 atom stereocenters. The monoisotopic (exact) mass is 290 g/mol. The van der Waals surface area contributed by atoms with E-state index >= 15 is 0 Å². The van der Waals surface area contributed by atoms with E-state index in [9.17, 15) is 21.6 Å². The molecule has 0 saturated heterocycles. The first kappa shape index (κ1) is 17.7. The standard InChI is InChI=1S/C10H21F3N2O2S/c1-9(2)14-7-8-18(16,17)15-6-4-3-5-10(11,12)13/h9,14-15H,3-8H2,1-2H3. The van der Waals surface area contributed by atoms with Gasteiger partial charge < -0.3 is 5.32 Å². The first-order valence-corrected chi connectivity index (χ1v) is 7.55. The molecule has 18 heavy (non-hydrogen) atoms. The van der Waals surface area contributed by atoms with Crippen molar-refractivity contribution < 1.29 is 21.6 Å². The zero-order valence-corrected chi connectivity index (χ0v) is 11.5. The lowest BCUT2D eigenvalue weighted by Gasteiger charge is -2.10. The van der Waals surface area contributed by atoms with Gasteiger partial charge in [-0.05, 0) is 12.8 Å². The van der Waals surface area contributed by atoms with Gasteiger partial charge in [0, 0.05) is 25.6 Å². The van der Waals surface area contributed by atoms with Gasteiger partial charge in [0.1, 0.15) is 0 Å². The quantitative estimate of drug-likeness (QED) is 0.635. The van der Waals surface area contributed by atoms with Gasteiger partial charge in [-0.3, -0.25) is 0 Å². The Balaban J connectivity index is 3.65. The number of alkyl halides is 3. The second-order valence-corrected chi connectivity index (χ2v) is 6.32. The summed E-state index contributed by atoms with van der Waals surface area (Å²) in [6, 6.07) is 0.201. The molecular formula is C10H21F3N2O2S. The van der Waals surface area contributed by atoms with Crippen molar-refractivity contribution in [2.75, 3.05) is 18.8 Å². The first-order valence-electron chi connectivity index (χ1n) is 5.90. The minimum atomic E-state index is -4.17. The molecule has 0 aromatic rings. The van der Waals surface area contributed by atoms with Gasteiger partial charge in [0.2, 0.25) is 10.0 Å². The average molecular weight is 290 g/mol. The van der Waals surface area contributed by atoms with Gasteiger partial charge in [-0.1, -0.05) is 13.8 Å². The highest BCUT2D eigenvalue weighted by Crippen LogP contribution is 2.21. The van der Waals surface area contributed by atoms with Gasteiger partial charge >= 0.3 is 6.18 Å². The summed E-state index contributed by atoms with van der Waals surface area (Å²) in [5.41, 5.74) is 0. The molecule has 0 saturated carbocycles. The van der Waals surface area contributed by atoms with Crippen molar-refractivity contribution in [3.63, 3.8) is 0 Å². The van der Waals surface area contributed by atoms with Crippen LogP contribution in [0.5, 0.6) is 0 Å². The topological polar surface area (TPSA) is 58.2 Å². The van der Waals surface area contributed by atoms with Crippen LogP contribution in [0.25, 0.3) is 0 Å². The molecule has 0 rings (SSSR count). The van der Waals surface area contributed by atoms with Crippen molar-refractivity contribution in [2.24, 2.45) is 0 Å². The lowest BCUT2D eigenvalue weighted by Crippen LogP contribution is -2.34. The molecule has 8 heteroatoms. The van der Waals surface area contributed by atoms with E-state index in [1.54, 1.807) is 0 Å². The third-order valence-corrected chi connectivity index (χ3v) is 3.52. The van der Waals surface area contributed by atoms with Crippen LogP contribution < -0.4 is 10.0 Å². The van der Waals surface area contributed by atoms with Gasteiger partial charge in [0.25, 0.3) is 0 Å². The fourth-order valence-electron chi connectivity index (χ4n) is 1.23. The summed E-state index contributed by atoms with van der Waals surface area (Å²) < 4.78 is 60.5. The maximum atomic E-state index is 11.8. The maximum absolute atomic E-state index is 11.8. The smallest absolute Gasteiger partial charge is 0.313 e. The number of rotatable bonds is 9. The summed E-state index contributed by atoms with van der Waals surface area (Å²) in [7, 11) is -3.39. The van der Waals surface area contributed by atoms with Crippen molar-refractivity contribution in [2.45, 2.75) is 45.3 Å². The van der Waals surface area contributed by atoms with Crippen molar-refractivity contribution in [3.05, 3.63) is 0 Å². The molecule has 4 nitrogen and oxygen atoms in total. The fourth-order valence-corrected chi connectivity index (χ4v) is 2.22. The molecule has 0 aliphatic carbocycles. The van der Waals surface area contributed by atoms with Gasteiger partial charge in [-0.2, -0.15) is 13.2 Å². The highest BCUT2D eigenvalue weighted by molar-refractivity contribution is 7.89. The molecule has 110 valence electrons. The molecule has 0 aliphatic rings. The van der Waals surface area contributed by atoms with Gasteiger partial charge in [0.05, 0.1) is 5.75 Å². The van der Waals surface area contributed by atoms with Crippen LogP contribution in [0.2, 0.25) is 0 Å². The van der Waals surface area contributed by atoms with E-state index in [1.165, 1.54) is 0 Å². The number of nitrogens with one attached hydrogen (secondary N) is 2. The van der Waals surface area contributed by atoms with E-state index in [-0.39, 0.29) is 31.2 Å². The average Bonchev–Trinajstić information content (AvgIpc) is 2.13. The Morgan fingerprint density at radius 3 is 2.22 bits per heavy atom. The van der Waals surface area contributed by atoms with Crippen LogP contribution in [0, 0.1) is 0 Å².